The van der Waals surface area contributed by atoms with Crippen LogP contribution in [-0.4, -0.2) is 58.1 Å². The first-order valence-electron chi connectivity index (χ1n) is 13.2. The second kappa shape index (κ2) is 12.7. The number of piperidine rings is 1. The van der Waals surface area contributed by atoms with E-state index in [9.17, 15) is 4.79 Å². The van der Waals surface area contributed by atoms with Crippen molar-refractivity contribution >= 4 is 17.4 Å². The van der Waals surface area contributed by atoms with Gasteiger partial charge in [0.2, 0.25) is 0 Å². The molecule has 0 bridgehead atoms. The SMILES string of the molecule is C=CCOC1(C)CCN(c2c([C@H](OC(C)(C)C)C(=O)OCC)c(C)nc3cc(CC)nn23)CC1.CC. The smallest absolute Gasteiger partial charge is 0.340 e. The van der Waals surface area contributed by atoms with Crippen molar-refractivity contribution < 1.29 is 19.0 Å². The zero-order valence-electron chi connectivity index (χ0n) is 23.8. The first-order valence-corrected chi connectivity index (χ1v) is 13.2. The number of hydrogen-bond acceptors (Lipinski definition) is 7. The molecule has 0 spiro atoms. The Hall–Kier alpha value is -2.45. The van der Waals surface area contributed by atoms with Gasteiger partial charge in [-0.2, -0.15) is 9.61 Å². The molecule has 1 saturated heterocycles. The third-order valence-corrected chi connectivity index (χ3v) is 6.12. The average molecular weight is 503 g/mol. The molecule has 1 atom stereocenters. The first-order chi connectivity index (χ1) is 17.0. The van der Waals surface area contributed by atoms with Crippen molar-refractivity contribution in [2.45, 2.75) is 98.9 Å². The highest BCUT2D eigenvalue weighted by Gasteiger charge is 2.38. The van der Waals surface area contributed by atoms with Crippen LogP contribution in [0.2, 0.25) is 0 Å². The summed E-state index contributed by atoms with van der Waals surface area (Å²) in [4.78, 5) is 20.3. The van der Waals surface area contributed by atoms with Crippen molar-refractivity contribution in [3.05, 3.63) is 35.7 Å². The van der Waals surface area contributed by atoms with E-state index in [1.54, 1.807) is 13.0 Å². The number of carbonyl (C=O) groups excluding carboxylic acids is 1. The lowest BCUT2D eigenvalue weighted by Crippen LogP contribution is -2.45. The molecule has 3 rings (SSSR count). The second-order valence-electron chi connectivity index (χ2n) is 10.1. The number of rotatable bonds is 9. The summed E-state index contributed by atoms with van der Waals surface area (Å²) < 4.78 is 19.7. The predicted molar refractivity (Wildman–Crippen MR) is 145 cm³/mol. The molecular weight excluding hydrogens is 456 g/mol. The zero-order chi connectivity index (χ0) is 27.1. The van der Waals surface area contributed by atoms with Crippen LogP contribution >= 0.6 is 0 Å². The van der Waals surface area contributed by atoms with Crippen LogP contribution in [0.3, 0.4) is 0 Å². The molecule has 0 saturated carbocycles. The van der Waals surface area contributed by atoms with Crippen LogP contribution in [0.1, 0.15) is 91.3 Å². The molecule has 1 fully saturated rings. The van der Waals surface area contributed by atoms with Crippen molar-refractivity contribution in [1.29, 1.82) is 0 Å². The Bertz CT molecular complexity index is 1020. The first kappa shape index (κ1) is 29.8. The van der Waals surface area contributed by atoms with Crippen molar-refractivity contribution in [2.24, 2.45) is 0 Å². The van der Waals surface area contributed by atoms with Crippen LogP contribution in [0, 0.1) is 6.92 Å². The predicted octanol–water partition coefficient (Wildman–Crippen LogP) is 5.61. The van der Waals surface area contributed by atoms with Crippen molar-refractivity contribution in [3.8, 4) is 0 Å². The Kier molecular flexibility index (Phi) is 10.5. The molecule has 8 nitrogen and oxygen atoms in total. The standard InChI is InChI=1S/C26H40N4O4.C2H6/c1-9-16-33-26(8)12-14-29(15-13-26)23-21(22(24(31)32-11-3)34-25(5,6)7)18(4)27-20-17-19(10-2)28-30(20)23;1-2/h9,17,22H,1,10-16H2,2-8H3;1-2H3/t22-;/m0./s1. The lowest BCUT2D eigenvalue weighted by atomic mass is 9.92. The van der Waals surface area contributed by atoms with Gasteiger partial charge in [-0.25, -0.2) is 9.78 Å². The molecule has 0 aromatic carbocycles. The van der Waals surface area contributed by atoms with E-state index in [4.69, 9.17) is 24.3 Å². The van der Waals surface area contributed by atoms with E-state index >= 15 is 0 Å². The fourth-order valence-electron chi connectivity index (χ4n) is 4.34. The minimum atomic E-state index is -0.911. The molecule has 0 radical (unpaired) electrons. The third-order valence-electron chi connectivity index (χ3n) is 6.12. The number of aromatic nitrogens is 3. The van der Waals surface area contributed by atoms with Gasteiger partial charge >= 0.3 is 5.97 Å². The molecule has 0 unspecified atom stereocenters. The summed E-state index contributed by atoms with van der Waals surface area (Å²) in [5.41, 5.74) is 2.39. The van der Waals surface area contributed by atoms with E-state index < -0.39 is 17.7 Å². The second-order valence-corrected chi connectivity index (χ2v) is 10.1. The molecule has 2 aromatic rings. The molecule has 3 heterocycles. The van der Waals surface area contributed by atoms with Gasteiger partial charge in [-0.1, -0.05) is 26.8 Å². The lowest BCUT2D eigenvalue weighted by Gasteiger charge is -2.41. The minimum absolute atomic E-state index is 0.215. The highest BCUT2D eigenvalue weighted by Crippen LogP contribution is 2.38. The lowest BCUT2D eigenvalue weighted by molar-refractivity contribution is -0.166. The Morgan fingerprint density at radius 3 is 2.42 bits per heavy atom. The largest absolute Gasteiger partial charge is 0.464 e. The van der Waals surface area contributed by atoms with Crippen molar-refractivity contribution in [2.75, 3.05) is 31.2 Å². The fraction of sp³-hybridized carbons (Fsp3) is 0.679. The number of esters is 1. The van der Waals surface area contributed by atoms with Gasteiger partial charge in [-0.15, -0.1) is 6.58 Å². The van der Waals surface area contributed by atoms with Crippen LogP contribution in [0.15, 0.2) is 18.7 Å². The maximum atomic E-state index is 13.2. The number of hydrogen-bond donors (Lipinski definition) is 0. The summed E-state index contributed by atoms with van der Waals surface area (Å²) in [5.74, 6) is 0.428. The monoisotopic (exact) mass is 502 g/mol. The normalized spacial score (nSPS) is 16.3. The van der Waals surface area contributed by atoms with Gasteiger partial charge in [-0.05, 0) is 60.8 Å². The molecular formula is C28H46N4O4. The summed E-state index contributed by atoms with van der Waals surface area (Å²) >= 11 is 0. The number of fused-ring (bicyclic) bond motifs is 1. The number of nitrogens with zero attached hydrogens (tertiary/aromatic N) is 4. The van der Waals surface area contributed by atoms with Crippen LogP contribution in [-0.2, 0) is 25.4 Å². The van der Waals surface area contributed by atoms with Gasteiger partial charge in [0, 0.05) is 24.8 Å². The number of aryl methyl sites for hydroxylation is 2. The molecule has 0 aliphatic carbocycles. The minimum Gasteiger partial charge on any atom is -0.464 e. The average Bonchev–Trinajstić information content (AvgIpc) is 3.25. The van der Waals surface area contributed by atoms with E-state index in [0.29, 0.717) is 12.2 Å². The zero-order valence-corrected chi connectivity index (χ0v) is 23.8. The summed E-state index contributed by atoms with van der Waals surface area (Å²) in [6.45, 7) is 23.9. The van der Waals surface area contributed by atoms with E-state index in [0.717, 1.165) is 55.2 Å². The van der Waals surface area contributed by atoms with Crippen LogP contribution in [0.25, 0.3) is 5.65 Å². The van der Waals surface area contributed by atoms with Crippen LogP contribution in [0.4, 0.5) is 5.82 Å². The summed E-state index contributed by atoms with van der Waals surface area (Å²) in [6, 6.07) is 2.01. The molecule has 0 N–H and O–H groups in total. The Balaban J connectivity index is 0.00000222. The van der Waals surface area contributed by atoms with Gasteiger partial charge in [0.15, 0.2) is 11.8 Å². The maximum absolute atomic E-state index is 13.2. The van der Waals surface area contributed by atoms with Gasteiger partial charge in [0.1, 0.15) is 5.82 Å². The Morgan fingerprint density at radius 1 is 1.25 bits per heavy atom. The summed E-state index contributed by atoms with van der Waals surface area (Å²) in [5, 5.41) is 4.84. The van der Waals surface area contributed by atoms with E-state index in [2.05, 4.69) is 25.3 Å². The fourth-order valence-corrected chi connectivity index (χ4v) is 4.34. The molecule has 2 aromatic heterocycles. The van der Waals surface area contributed by atoms with Crippen molar-refractivity contribution in [1.82, 2.24) is 14.6 Å². The van der Waals surface area contributed by atoms with Gasteiger partial charge < -0.3 is 19.1 Å². The molecule has 0 amide bonds. The van der Waals surface area contributed by atoms with Gasteiger partial charge in [-0.3, -0.25) is 0 Å². The molecule has 8 heteroatoms. The van der Waals surface area contributed by atoms with Gasteiger partial charge in [0.25, 0.3) is 0 Å². The van der Waals surface area contributed by atoms with Crippen LogP contribution < -0.4 is 4.90 Å². The molecule has 202 valence electrons. The maximum Gasteiger partial charge on any atom is 0.340 e. The molecule has 36 heavy (non-hydrogen) atoms. The third kappa shape index (κ3) is 7.07. The number of anilines is 1. The topological polar surface area (TPSA) is 78.2 Å². The van der Waals surface area contributed by atoms with E-state index in [1.165, 1.54) is 0 Å². The van der Waals surface area contributed by atoms with E-state index in [-0.39, 0.29) is 12.2 Å². The Labute approximate surface area is 217 Å². The Morgan fingerprint density at radius 2 is 1.89 bits per heavy atom. The highest BCUT2D eigenvalue weighted by atomic mass is 16.6. The highest BCUT2D eigenvalue weighted by molar-refractivity contribution is 5.80. The summed E-state index contributed by atoms with van der Waals surface area (Å²) in [7, 11) is 0. The van der Waals surface area contributed by atoms with E-state index in [1.807, 2.05) is 52.1 Å². The number of ether oxygens (including phenoxy) is 3. The summed E-state index contributed by atoms with van der Waals surface area (Å²) in [6.07, 6.45) is 3.36. The van der Waals surface area contributed by atoms with Crippen molar-refractivity contribution in [3.63, 3.8) is 0 Å². The molecule has 1 aliphatic heterocycles. The molecule has 1 aliphatic rings. The van der Waals surface area contributed by atoms with Crippen LogP contribution in [0.5, 0.6) is 0 Å². The number of carbonyl (C=O) groups is 1. The quantitative estimate of drug-likeness (QED) is 0.326. The van der Waals surface area contributed by atoms with Gasteiger partial charge in [0.05, 0.1) is 35.7 Å².